The molecule has 124 valence electrons. The first-order valence-corrected chi connectivity index (χ1v) is 10.7. The Bertz CT molecular complexity index is 538. The molecule has 0 radical (unpaired) electrons. The molecule has 0 aromatic heterocycles. The van der Waals surface area contributed by atoms with Gasteiger partial charge in [0.1, 0.15) is 0 Å². The third kappa shape index (κ3) is 5.17. The molecular formula is C12H24N2O5S2. The van der Waals surface area contributed by atoms with Crippen molar-refractivity contribution in [2.24, 2.45) is 5.73 Å². The highest BCUT2D eigenvalue weighted by Crippen LogP contribution is 2.20. The van der Waals surface area contributed by atoms with Crippen molar-refractivity contribution in [1.82, 2.24) is 4.72 Å². The van der Waals surface area contributed by atoms with Crippen LogP contribution in [0.2, 0.25) is 0 Å². The Hall–Kier alpha value is -0.220. The van der Waals surface area contributed by atoms with Crippen LogP contribution in [0.3, 0.4) is 0 Å². The van der Waals surface area contributed by atoms with Gasteiger partial charge in [0.25, 0.3) is 0 Å². The molecular weight excluding hydrogens is 316 g/mol. The van der Waals surface area contributed by atoms with Gasteiger partial charge in [0.05, 0.1) is 29.5 Å². The fraction of sp³-hybridized carbons (Fsp3) is 1.00. The third-order valence-corrected chi connectivity index (χ3v) is 7.97. The molecule has 21 heavy (non-hydrogen) atoms. The molecule has 0 aromatic carbocycles. The van der Waals surface area contributed by atoms with E-state index in [1.54, 1.807) is 0 Å². The molecule has 2 fully saturated rings. The first-order chi connectivity index (χ1) is 9.78. The molecule has 0 aromatic rings. The summed E-state index contributed by atoms with van der Waals surface area (Å²) in [5, 5.41) is -0.824. The molecule has 7 nitrogen and oxygen atoms in total. The second-order valence-electron chi connectivity index (χ2n) is 5.87. The minimum absolute atomic E-state index is 0.0442. The van der Waals surface area contributed by atoms with E-state index in [4.69, 9.17) is 10.5 Å². The van der Waals surface area contributed by atoms with Crippen LogP contribution >= 0.6 is 0 Å². The molecule has 1 unspecified atom stereocenters. The topological polar surface area (TPSA) is 116 Å². The van der Waals surface area contributed by atoms with E-state index in [2.05, 4.69) is 4.72 Å². The second-order valence-corrected chi connectivity index (χ2v) is 10.1. The monoisotopic (exact) mass is 340 g/mol. The largest absolute Gasteiger partial charge is 0.377 e. The molecule has 0 bridgehead atoms. The van der Waals surface area contributed by atoms with Crippen molar-refractivity contribution in [3.63, 3.8) is 0 Å². The van der Waals surface area contributed by atoms with E-state index in [0.717, 1.165) is 25.7 Å². The summed E-state index contributed by atoms with van der Waals surface area (Å²) in [5.74, 6) is -0.318. The molecule has 2 rings (SSSR count). The maximum atomic E-state index is 12.0. The summed E-state index contributed by atoms with van der Waals surface area (Å²) >= 11 is 0. The smallest absolute Gasteiger partial charge is 0.215 e. The van der Waals surface area contributed by atoms with Crippen molar-refractivity contribution in [3.8, 4) is 0 Å². The second kappa shape index (κ2) is 6.91. The van der Waals surface area contributed by atoms with Crippen LogP contribution in [0.5, 0.6) is 0 Å². The number of nitrogens with two attached hydrogens (primary N) is 1. The highest BCUT2D eigenvalue weighted by Gasteiger charge is 2.36. The molecule has 3 N–H and O–H groups in total. The molecule has 0 spiro atoms. The lowest BCUT2D eigenvalue weighted by Gasteiger charge is -2.26. The Morgan fingerprint density at radius 1 is 1.14 bits per heavy atom. The average molecular weight is 340 g/mol. The van der Waals surface area contributed by atoms with Crippen LogP contribution in [0.15, 0.2) is 0 Å². The van der Waals surface area contributed by atoms with Crippen molar-refractivity contribution in [3.05, 3.63) is 0 Å². The summed E-state index contributed by atoms with van der Waals surface area (Å²) in [4.78, 5) is 0. The van der Waals surface area contributed by atoms with Gasteiger partial charge in [0.2, 0.25) is 10.0 Å². The number of hydrogen-bond acceptors (Lipinski definition) is 6. The number of nitrogens with one attached hydrogen (secondary N) is 1. The number of rotatable bonds is 6. The Morgan fingerprint density at radius 3 is 2.38 bits per heavy atom. The maximum absolute atomic E-state index is 12.0. The van der Waals surface area contributed by atoms with Gasteiger partial charge in [-0.2, -0.15) is 0 Å². The maximum Gasteiger partial charge on any atom is 0.215 e. The van der Waals surface area contributed by atoms with E-state index in [1.165, 1.54) is 0 Å². The van der Waals surface area contributed by atoms with Crippen molar-refractivity contribution in [2.75, 3.05) is 24.7 Å². The summed E-state index contributed by atoms with van der Waals surface area (Å²) in [7, 11) is -6.77. The Morgan fingerprint density at radius 2 is 1.81 bits per heavy atom. The lowest BCUT2D eigenvalue weighted by atomic mass is 9.94. The van der Waals surface area contributed by atoms with Crippen LogP contribution < -0.4 is 10.5 Å². The summed E-state index contributed by atoms with van der Waals surface area (Å²) in [5.41, 5.74) is 5.80. The van der Waals surface area contributed by atoms with Gasteiger partial charge in [0, 0.05) is 12.6 Å². The Balaban J connectivity index is 1.68. The minimum atomic E-state index is -3.57. The molecule has 1 aliphatic heterocycles. The molecule has 2 aliphatic rings. The van der Waals surface area contributed by atoms with Crippen molar-refractivity contribution in [2.45, 2.75) is 49.5 Å². The first-order valence-electron chi connectivity index (χ1n) is 7.34. The highest BCUT2D eigenvalue weighted by atomic mass is 32.2. The quantitative estimate of drug-likeness (QED) is 0.623. The SMILES string of the molecule is NC1CCC(OCCNS(=O)(=O)C2CCS(=O)(=O)C2)CC1. The zero-order valence-corrected chi connectivity index (χ0v) is 13.7. The lowest BCUT2D eigenvalue weighted by Crippen LogP contribution is -2.38. The molecule has 1 atom stereocenters. The van der Waals surface area contributed by atoms with Gasteiger partial charge in [-0.1, -0.05) is 0 Å². The fourth-order valence-electron chi connectivity index (χ4n) is 2.79. The fourth-order valence-corrected chi connectivity index (χ4v) is 6.85. The van der Waals surface area contributed by atoms with E-state index in [0.29, 0.717) is 6.61 Å². The van der Waals surface area contributed by atoms with E-state index in [-0.39, 0.29) is 36.6 Å². The van der Waals surface area contributed by atoms with Crippen LogP contribution in [-0.2, 0) is 24.6 Å². The van der Waals surface area contributed by atoms with Crippen LogP contribution in [0.1, 0.15) is 32.1 Å². The van der Waals surface area contributed by atoms with Gasteiger partial charge in [-0.15, -0.1) is 0 Å². The van der Waals surface area contributed by atoms with Gasteiger partial charge in [-0.25, -0.2) is 21.6 Å². The number of ether oxygens (including phenoxy) is 1. The zero-order valence-electron chi connectivity index (χ0n) is 12.0. The van der Waals surface area contributed by atoms with Gasteiger partial charge >= 0.3 is 0 Å². The molecule has 1 aliphatic carbocycles. The van der Waals surface area contributed by atoms with Crippen molar-refractivity contribution >= 4 is 19.9 Å². The first kappa shape index (κ1) is 17.1. The van der Waals surface area contributed by atoms with Gasteiger partial charge < -0.3 is 10.5 Å². The molecule has 1 heterocycles. The number of hydrogen-bond donors (Lipinski definition) is 2. The van der Waals surface area contributed by atoms with Gasteiger partial charge in [-0.05, 0) is 32.1 Å². The van der Waals surface area contributed by atoms with E-state index < -0.39 is 25.1 Å². The predicted molar refractivity (Wildman–Crippen MR) is 80.2 cm³/mol. The van der Waals surface area contributed by atoms with Gasteiger partial charge in [0.15, 0.2) is 9.84 Å². The third-order valence-electron chi connectivity index (χ3n) is 4.11. The van der Waals surface area contributed by atoms with E-state index >= 15 is 0 Å². The normalized spacial score (nSPS) is 33.1. The highest BCUT2D eigenvalue weighted by molar-refractivity contribution is 7.95. The van der Waals surface area contributed by atoms with Crippen molar-refractivity contribution in [1.29, 1.82) is 0 Å². The van der Waals surface area contributed by atoms with Crippen LogP contribution in [0.25, 0.3) is 0 Å². The Labute approximate surface area is 126 Å². The molecule has 0 amide bonds. The van der Waals surface area contributed by atoms with E-state index in [1.807, 2.05) is 0 Å². The van der Waals surface area contributed by atoms with Gasteiger partial charge in [-0.3, -0.25) is 0 Å². The lowest BCUT2D eigenvalue weighted by molar-refractivity contribution is 0.0287. The summed E-state index contributed by atoms with van der Waals surface area (Å²) in [6.45, 7) is 0.486. The van der Waals surface area contributed by atoms with Crippen LogP contribution in [-0.4, -0.2) is 58.9 Å². The summed E-state index contributed by atoms with van der Waals surface area (Å²) < 4.78 is 54.7. The zero-order chi connectivity index (χ0) is 15.5. The minimum Gasteiger partial charge on any atom is -0.377 e. The van der Waals surface area contributed by atoms with E-state index in [9.17, 15) is 16.8 Å². The molecule has 1 saturated carbocycles. The van der Waals surface area contributed by atoms with Crippen LogP contribution in [0.4, 0.5) is 0 Å². The standard InChI is InChI=1S/C12H24N2O5S2/c13-10-1-3-11(4-2-10)19-7-6-14-21(17,18)12-5-8-20(15,16)9-12/h10-12,14H,1-9,13H2. The Kier molecular flexibility index (Phi) is 5.64. The number of sulfone groups is 1. The molecule has 9 heteroatoms. The number of sulfonamides is 1. The average Bonchev–Trinajstić information content (AvgIpc) is 2.78. The summed E-state index contributed by atoms with van der Waals surface area (Å²) in [6, 6.07) is 0.257. The van der Waals surface area contributed by atoms with Crippen LogP contribution in [0, 0.1) is 0 Å². The van der Waals surface area contributed by atoms with Crippen molar-refractivity contribution < 1.29 is 21.6 Å². The molecule has 1 saturated heterocycles. The predicted octanol–water partition coefficient (Wildman–Crippen LogP) is -0.621. The summed E-state index contributed by atoms with van der Waals surface area (Å²) in [6.07, 6.45) is 4.04.